The summed E-state index contributed by atoms with van der Waals surface area (Å²) >= 11 is 1.80. The van der Waals surface area contributed by atoms with Crippen molar-refractivity contribution in [1.82, 2.24) is 9.88 Å². The zero-order chi connectivity index (χ0) is 19.4. The van der Waals surface area contributed by atoms with Gasteiger partial charge in [-0.05, 0) is 56.5 Å². The molecule has 3 atom stereocenters. The van der Waals surface area contributed by atoms with Crippen molar-refractivity contribution in [1.29, 1.82) is 0 Å². The molecular formula is C18H26F3N3O2S. The van der Waals surface area contributed by atoms with Crippen LogP contribution in [-0.2, 0) is 4.79 Å². The van der Waals surface area contributed by atoms with Crippen LogP contribution in [0.2, 0.25) is 0 Å². The van der Waals surface area contributed by atoms with Crippen LogP contribution in [0.4, 0.5) is 18.3 Å². The molecule has 3 aliphatic rings. The first-order valence-electron chi connectivity index (χ1n) is 9.51. The van der Waals surface area contributed by atoms with E-state index in [0.717, 1.165) is 17.8 Å². The quantitative estimate of drug-likeness (QED) is 0.831. The van der Waals surface area contributed by atoms with Crippen molar-refractivity contribution < 1.29 is 23.1 Å². The van der Waals surface area contributed by atoms with Gasteiger partial charge >= 0.3 is 12.1 Å². The first-order chi connectivity index (χ1) is 12.8. The molecule has 152 valence electrons. The second-order valence-corrected chi connectivity index (χ2v) is 8.52. The topological polar surface area (TPSA) is 56.7 Å². The SMILES string of the molecule is O=C(O)C(F)(F)F.c1csc(N2C[C@H]3CCC[C@@H](CN4CCCC4)[C@H]3C2)n1. The van der Waals surface area contributed by atoms with E-state index in [1.165, 1.54) is 70.0 Å². The second-order valence-electron chi connectivity index (χ2n) is 7.65. The zero-order valence-corrected chi connectivity index (χ0v) is 16.0. The predicted molar refractivity (Wildman–Crippen MR) is 98.0 cm³/mol. The third-order valence-corrected chi connectivity index (χ3v) is 6.70. The normalized spacial score (nSPS) is 28.6. The maximum atomic E-state index is 10.6. The molecule has 2 saturated heterocycles. The Kier molecular flexibility index (Phi) is 6.62. The number of alkyl halides is 3. The average molecular weight is 405 g/mol. The van der Waals surface area contributed by atoms with Gasteiger partial charge in [0.05, 0.1) is 0 Å². The highest BCUT2D eigenvalue weighted by atomic mass is 32.1. The molecule has 1 aromatic heterocycles. The van der Waals surface area contributed by atoms with Gasteiger partial charge in [0.15, 0.2) is 5.13 Å². The monoisotopic (exact) mass is 405 g/mol. The standard InChI is InChI=1S/C16H25N3S.C2HF3O2/c1-2-8-18(7-1)10-13-4-3-5-14-11-19(12-15(13)14)16-17-6-9-20-16;3-2(4,5)1(6)7/h6,9,13-15H,1-5,7-8,10-12H2;(H,6,7)/t13-,14+,15+;/m0./s1. The minimum Gasteiger partial charge on any atom is -0.475 e. The lowest BCUT2D eigenvalue weighted by Gasteiger charge is -2.35. The number of anilines is 1. The van der Waals surface area contributed by atoms with Gasteiger partial charge in [-0.15, -0.1) is 11.3 Å². The molecule has 0 bridgehead atoms. The maximum Gasteiger partial charge on any atom is 0.490 e. The fraction of sp³-hybridized carbons (Fsp3) is 0.778. The lowest BCUT2D eigenvalue weighted by Crippen LogP contribution is -2.36. The molecule has 4 rings (SSSR count). The van der Waals surface area contributed by atoms with Crippen LogP contribution in [0, 0.1) is 17.8 Å². The lowest BCUT2D eigenvalue weighted by atomic mass is 9.73. The number of fused-ring (bicyclic) bond motifs is 1. The van der Waals surface area contributed by atoms with Crippen molar-refractivity contribution in [2.45, 2.75) is 38.3 Å². The summed E-state index contributed by atoms with van der Waals surface area (Å²) in [5.74, 6) is 0.0396. The Hall–Kier alpha value is -1.35. The summed E-state index contributed by atoms with van der Waals surface area (Å²) in [5, 5.41) is 10.5. The summed E-state index contributed by atoms with van der Waals surface area (Å²) in [6, 6.07) is 0. The van der Waals surface area contributed by atoms with Gasteiger partial charge in [-0.3, -0.25) is 0 Å². The summed E-state index contributed by atoms with van der Waals surface area (Å²) in [7, 11) is 0. The second kappa shape index (κ2) is 8.77. The van der Waals surface area contributed by atoms with Crippen LogP contribution in [0.25, 0.3) is 0 Å². The molecule has 1 aromatic rings. The maximum absolute atomic E-state index is 10.6. The van der Waals surface area contributed by atoms with Gasteiger partial charge in [0.1, 0.15) is 0 Å². The molecule has 3 fully saturated rings. The van der Waals surface area contributed by atoms with Crippen molar-refractivity contribution >= 4 is 22.4 Å². The Morgan fingerprint density at radius 1 is 1.22 bits per heavy atom. The first kappa shape index (κ1) is 20.4. The fourth-order valence-electron chi connectivity index (χ4n) is 4.64. The number of aliphatic carboxylic acids is 1. The van der Waals surface area contributed by atoms with E-state index in [4.69, 9.17) is 9.90 Å². The molecule has 0 amide bonds. The number of rotatable bonds is 3. The van der Waals surface area contributed by atoms with Gasteiger partial charge in [0.25, 0.3) is 0 Å². The predicted octanol–water partition coefficient (Wildman–Crippen LogP) is 3.72. The Bertz CT molecular complexity index is 605. The Morgan fingerprint density at radius 2 is 1.93 bits per heavy atom. The molecule has 3 heterocycles. The van der Waals surface area contributed by atoms with E-state index in [1.807, 2.05) is 6.20 Å². The molecule has 0 aromatic carbocycles. The lowest BCUT2D eigenvalue weighted by molar-refractivity contribution is -0.192. The molecule has 1 saturated carbocycles. The van der Waals surface area contributed by atoms with Crippen molar-refractivity contribution in [2.75, 3.05) is 37.6 Å². The van der Waals surface area contributed by atoms with Crippen LogP contribution >= 0.6 is 11.3 Å². The Balaban J connectivity index is 0.000000260. The van der Waals surface area contributed by atoms with E-state index >= 15 is 0 Å². The van der Waals surface area contributed by atoms with Crippen LogP contribution in [0.1, 0.15) is 32.1 Å². The molecule has 1 aliphatic carbocycles. The van der Waals surface area contributed by atoms with Gasteiger partial charge in [-0.1, -0.05) is 6.42 Å². The number of likely N-dealkylation sites (tertiary alicyclic amines) is 1. The van der Waals surface area contributed by atoms with Gasteiger partial charge in [-0.2, -0.15) is 13.2 Å². The Labute approximate surface area is 161 Å². The minimum absolute atomic E-state index is 0.924. The van der Waals surface area contributed by atoms with Crippen molar-refractivity contribution in [3.63, 3.8) is 0 Å². The average Bonchev–Trinajstić information content (AvgIpc) is 3.36. The minimum atomic E-state index is -5.08. The number of thiazole rings is 1. The summed E-state index contributed by atoms with van der Waals surface area (Å²) in [4.78, 5) is 18.7. The summed E-state index contributed by atoms with van der Waals surface area (Å²) < 4.78 is 31.7. The molecule has 5 nitrogen and oxygen atoms in total. The van der Waals surface area contributed by atoms with Crippen molar-refractivity contribution in [3.05, 3.63) is 11.6 Å². The largest absolute Gasteiger partial charge is 0.490 e. The molecule has 1 N–H and O–H groups in total. The summed E-state index contributed by atoms with van der Waals surface area (Å²) in [6.45, 7) is 6.59. The van der Waals surface area contributed by atoms with E-state index in [9.17, 15) is 13.2 Å². The molecule has 0 unspecified atom stereocenters. The van der Waals surface area contributed by atoms with E-state index in [2.05, 4.69) is 20.2 Å². The number of hydrogen-bond acceptors (Lipinski definition) is 5. The van der Waals surface area contributed by atoms with E-state index in [-0.39, 0.29) is 0 Å². The van der Waals surface area contributed by atoms with Crippen molar-refractivity contribution in [2.24, 2.45) is 17.8 Å². The summed E-state index contributed by atoms with van der Waals surface area (Å²) in [5.41, 5.74) is 0. The molecule has 27 heavy (non-hydrogen) atoms. The van der Waals surface area contributed by atoms with Crippen LogP contribution in [-0.4, -0.2) is 59.9 Å². The van der Waals surface area contributed by atoms with Crippen molar-refractivity contribution in [3.8, 4) is 0 Å². The number of halogens is 3. The molecular weight excluding hydrogens is 379 g/mol. The zero-order valence-electron chi connectivity index (χ0n) is 15.2. The molecule has 9 heteroatoms. The molecule has 0 spiro atoms. The number of nitrogens with zero attached hydrogens (tertiary/aromatic N) is 3. The number of hydrogen-bond donors (Lipinski definition) is 1. The first-order valence-corrected chi connectivity index (χ1v) is 10.4. The smallest absolute Gasteiger partial charge is 0.475 e. The van der Waals surface area contributed by atoms with Gasteiger partial charge in [0, 0.05) is 31.2 Å². The highest BCUT2D eigenvalue weighted by Gasteiger charge is 2.41. The summed E-state index contributed by atoms with van der Waals surface area (Å²) in [6.07, 6.45) is 4.07. The third-order valence-electron chi connectivity index (χ3n) is 5.87. The fourth-order valence-corrected chi connectivity index (χ4v) is 5.31. The highest BCUT2D eigenvalue weighted by molar-refractivity contribution is 7.13. The number of carboxylic acids is 1. The third kappa shape index (κ3) is 5.34. The molecule has 2 aliphatic heterocycles. The van der Waals surface area contributed by atoms with E-state index in [1.54, 1.807) is 11.3 Å². The number of carbonyl (C=O) groups is 1. The van der Waals surface area contributed by atoms with Crippen LogP contribution in [0.15, 0.2) is 11.6 Å². The van der Waals surface area contributed by atoms with Crippen LogP contribution < -0.4 is 4.90 Å². The number of aromatic nitrogens is 1. The van der Waals surface area contributed by atoms with Crippen LogP contribution in [0.3, 0.4) is 0 Å². The van der Waals surface area contributed by atoms with Gasteiger partial charge in [0.2, 0.25) is 0 Å². The van der Waals surface area contributed by atoms with Gasteiger partial charge < -0.3 is 14.9 Å². The van der Waals surface area contributed by atoms with E-state index < -0.39 is 12.1 Å². The molecule has 0 radical (unpaired) electrons. The Morgan fingerprint density at radius 3 is 2.52 bits per heavy atom. The van der Waals surface area contributed by atoms with E-state index in [0.29, 0.717) is 0 Å². The highest BCUT2D eigenvalue weighted by Crippen LogP contribution is 2.42. The van der Waals surface area contributed by atoms with Gasteiger partial charge in [-0.25, -0.2) is 9.78 Å². The van der Waals surface area contributed by atoms with Crippen LogP contribution in [0.5, 0.6) is 0 Å². The number of carboxylic acid groups (broad SMARTS) is 1.